The van der Waals surface area contributed by atoms with Crippen molar-refractivity contribution in [2.45, 2.75) is 32.6 Å². The fourth-order valence-electron chi connectivity index (χ4n) is 3.63. The van der Waals surface area contributed by atoms with Crippen LogP contribution in [0.25, 0.3) is 0 Å². The van der Waals surface area contributed by atoms with Gasteiger partial charge in [0.15, 0.2) is 6.61 Å². The summed E-state index contributed by atoms with van der Waals surface area (Å²) in [5, 5.41) is 2.61. The molecule has 2 aromatic carbocycles. The first-order valence-corrected chi connectivity index (χ1v) is 11.7. The number of likely N-dealkylation sites (tertiary alicyclic amines) is 1. The highest BCUT2D eigenvalue weighted by Crippen LogP contribution is 2.21. The van der Waals surface area contributed by atoms with Crippen LogP contribution in [0.4, 0.5) is 10.1 Å². The number of carbonyl (C=O) groups excluding carboxylic acids is 4. The van der Waals surface area contributed by atoms with E-state index in [0.29, 0.717) is 49.4 Å². The molecule has 8 nitrogen and oxygen atoms in total. The lowest BCUT2D eigenvalue weighted by molar-refractivity contribution is -0.152. The molecule has 1 aliphatic rings. The number of benzene rings is 2. The summed E-state index contributed by atoms with van der Waals surface area (Å²) in [6.45, 7) is 2.67. The molecule has 0 saturated carbocycles. The van der Waals surface area contributed by atoms with Gasteiger partial charge in [-0.2, -0.15) is 0 Å². The first-order valence-electron chi connectivity index (χ1n) is 11.7. The van der Waals surface area contributed by atoms with Gasteiger partial charge in [-0.1, -0.05) is 13.3 Å². The molecule has 0 spiro atoms. The van der Waals surface area contributed by atoms with Gasteiger partial charge in [-0.3, -0.25) is 14.4 Å². The average Bonchev–Trinajstić information content (AvgIpc) is 2.88. The van der Waals surface area contributed by atoms with Gasteiger partial charge in [0.05, 0.1) is 18.1 Å². The van der Waals surface area contributed by atoms with Gasteiger partial charge in [0.25, 0.3) is 11.8 Å². The molecule has 1 heterocycles. The maximum Gasteiger partial charge on any atom is 0.338 e. The topological polar surface area (TPSA) is 102 Å². The Bertz CT molecular complexity index is 1030. The van der Waals surface area contributed by atoms with Crippen LogP contribution >= 0.6 is 0 Å². The minimum atomic E-state index is -0.499. The Morgan fingerprint density at radius 3 is 2.20 bits per heavy atom. The standard InChI is InChI=1S/C26H29FN2O6/c1-2-3-16-34-25(32)19-6-10-22(11-7-19)28-23(30)17-35-26(33)20-12-14-29(15-13-20)24(31)18-4-8-21(27)9-5-18/h4-11,20H,2-3,12-17H2,1H3,(H,28,30). The van der Waals surface area contributed by atoms with Gasteiger partial charge in [0.2, 0.25) is 0 Å². The van der Waals surface area contributed by atoms with Crippen LogP contribution in [0.5, 0.6) is 0 Å². The number of hydrogen-bond acceptors (Lipinski definition) is 6. The smallest absolute Gasteiger partial charge is 0.338 e. The molecular formula is C26H29FN2O6. The Morgan fingerprint density at radius 2 is 1.57 bits per heavy atom. The molecule has 0 unspecified atom stereocenters. The lowest BCUT2D eigenvalue weighted by atomic mass is 9.96. The van der Waals surface area contributed by atoms with Crippen LogP contribution in [0.3, 0.4) is 0 Å². The van der Waals surface area contributed by atoms with Crippen molar-refractivity contribution in [3.63, 3.8) is 0 Å². The summed E-state index contributed by atoms with van der Waals surface area (Å²) in [7, 11) is 0. The number of piperidine rings is 1. The van der Waals surface area contributed by atoms with E-state index >= 15 is 0 Å². The van der Waals surface area contributed by atoms with Gasteiger partial charge in [-0.05, 0) is 67.8 Å². The predicted molar refractivity (Wildman–Crippen MR) is 126 cm³/mol. The second-order valence-electron chi connectivity index (χ2n) is 8.30. The molecule has 1 N–H and O–H groups in total. The normalized spacial score (nSPS) is 13.7. The van der Waals surface area contributed by atoms with Crippen molar-refractivity contribution in [1.29, 1.82) is 0 Å². The number of ether oxygens (including phenoxy) is 2. The Labute approximate surface area is 203 Å². The molecule has 9 heteroatoms. The summed E-state index contributed by atoms with van der Waals surface area (Å²) >= 11 is 0. The number of rotatable bonds is 9. The Kier molecular flexibility index (Phi) is 9.34. The average molecular weight is 485 g/mol. The van der Waals surface area contributed by atoms with Crippen molar-refractivity contribution in [3.05, 3.63) is 65.5 Å². The molecule has 1 saturated heterocycles. The van der Waals surface area contributed by atoms with Crippen LogP contribution in [-0.2, 0) is 19.1 Å². The number of unbranched alkanes of at least 4 members (excludes halogenated alkanes) is 1. The molecule has 0 aliphatic carbocycles. The highest BCUT2D eigenvalue weighted by Gasteiger charge is 2.29. The van der Waals surface area contributed by atoms with Crippen LogP contribution in [0.2, 0.25) is 0 Å². The van der Waals surface area contributed by atoms with Crippen LogP contribution in [0.15, 0.2) is 48.5 Å². The quantitative estimate of drug-likeness (QED) is 0.429. The van der Waals surface area contributed by atoms with Crippen LogP contribution in [-0.4, -0.2) is 55.0 Å². The molecule has 0 bridgehead atoms. The van der Waals surface area contributed by atoms with E-state index in [2.05, 4.69) is 5.32 Å². The maximum atomic E-state index is 13.1. The van der Waals surface area contributed by atoms with Crippen molar-refractivity contribution in [2.24, 2.45) is 5.92 Å². The van der Waals surface area contributed by atoms with Crippen LogP contribution in [0.1, 0.15) is 53.3 Å². The number of halogens is 1. The maximum absolute atomic E-state index is 13.1. The molecule has 186 valence electrons. The van der Waals surface area contributed by atoms with Crippen molar-refractivity contribution in [1.82, 2.24) is 4.90 Å². The summed E-state index contributed by atoms with van der Waals surface area (Å²) in [5.41, 5.74) is 1.24. The summed E-state index contributed by atoms with van der Waals surface area (Å²) in [6.07, 6.45) is 2.57. The van der Waals surface area contributed by atoms with Gasteiger partial charge in [0, 0.05) is 24.3 Å². The van der Waals surface area contributed by atoms with E-state index in [1.165, 1.54) is 24.3 Å². The fraction of sp³-hybridized carbons (Fsp3) is 0.385. The van der Waals surface area contributed by atoms with Gasteiger partial charge in [-0.15, -0.1) is 0 Å². The zero-order valence-electron chi connectivity index (χ0n) is 19.6. The number of anilines is 1. The van der Waals surface area contributed by atoms with Crippen LogP contribution in [0, 0.1) is 11.7 Å². The molecule has 35 heavy (non-hydrogen) atoms. The third-order valence-corrected chi connectivity index (χ3v) is 5.69. The molecule has 1 aliphatic heterocycles. The van der Waals surface area contributed by atoms with E-state index in [9.17, 15) is 23.6 Å². The third kappa shape index (κ3) is 7.63. The first kappa shape index (κ1) is 25.9. The second-order valence-corrected chi connectivity index (χ2v) is 8.30. The summed E-state index contributed by atoms with van der Waals surface area (Å²) in [4.78, 5) is 50.6. The second kappa shape index (κ2) is 12.6. The summed E-state index contributed by atoms with van der Waals surface area (Å²) < 4.78 is 23.4. The van der Waals surface area contributed by atoms with Crippen molar-refractivity contribution in [2.75, 3.05) is 31.6 Å². The SMILES string of the molecule is CCCCOC(=O)c1ccc(NC(=O)COC(=O)C2CCN(C(=O)c3ccc(F)cc3)CC2)cc1. The van der Waals surface area contributed by atoms with Crippen molar-refractivity contribution in [3.8, 4) is 0 Å². The first-order chi connectivity index (χ1) is 16.9. The molecular weight excluding hydrogens is 455 g/mol. The number of hydrogen-bond donors (Lipinski definition) is 1. The monoisotopic (exact) mass is 484 g/mol. The molecule has 2 aromatic rings. The van der Waals surface area contributed by atoms with E-state index in [-0.39, 0.29) is 5.91 Å². The number of nitrogens with zero attached hydrogens (tertiary/aromatic N) is 1. The zero-order chi connectivity index (χ0) is 25.2. The minimum absolute atomic E-state index is 0.212. The van der Waals surface area contributed by atoms with E-state index in [4.69, 9.17) is 9.47 Å². The summed E-state index contributed by atoms with van der Waals surface area (Å²) in [5.74, 6) is -2.43. The largest absolute Gasteiger partial charge is 0.462 e. The molecule has 2 amide bonds. The van der Waals surface area contributed by atoms with Crippen LogP contribution < -0.4 is 5.32 Å². The lowest BCUT2D eigenvalue weighted by Crippen LogP contribution is -2.41. The fourth-order valence-corrected chi connectivity index (χ4v) is 3.63. The van der Waals surface area contributed by atoms with E-state index in [1.807, 2.05) is 6.92 Å². The van der Waals surface area contributed by atoms with Gasteiger partial charge in [0.1, 0.15) is 5.82 Å². The zero-order valence-corrected chi connectivity index (χ0v) is 19.6. The molecule has 1 fully saturated rings. The predicted octanol–water partition coefficient (Wildman–Crippen LogP) is 3.82. The number of esters is 2. The molecule has 0 atom stereocenters. The summed E-state index contributed by atoms with van der Waals surface area (Å²) in [6, 6.07) is 11.6. The Balaban J connectivity index is 1.39. The van der Waals surface area contributed by atoms with Crippen molar-refractivity contribution >= 4 is 29.4 Å². The highest BCUT2D eigenvalue weighted by atomic mass is 19.1. The van der Waals surface area contributed by atoms with E-state index in [1.54, 1.807) is 29.2 Å². The van der Waals surface area contributed by atoms with Crippen molar-refractivity contribution < 1.29 is 33.0 Å². The molecule has 0 radical (unpaired) electrons. The van der Waals surface area contributed by atoms with E-state index < -0.39 is 36.2 Å². The van der Waals surface area contributed by atoms with Gasteiger partial charge >= 0.3 is 11.9 Å². The lowest BCUT2D eigenvalue weighted by Gasteiger charge is -2.31. The Hall–Kier alpha value is -3.75. The number of carbonyl (C=O) groups is 4. The molecule has 3 rings (SSSR count). The minimum Gasteiger partial charge on any atom is -0.462 e. The molecule has 0 aromatic heterocycles. The van der Waals surface area contributed by atoms with E-state index in [0.717, 1.165) is 12.8 Å². The van der Waals surface area contributed by atoms with Gasteiger partial charge in [-0.25, -0.2) is 9.18 Å². The third-order valence-electron chi connectivity index (χ3n) is 5.69. The van der Waals surface area contributed by atoms with Gasteiger partial charge < -0.3 is 19.7 Å². The Morgan fingerprint density at radius 1 is 0.943 bits per heavy atom. The number of amides is 2. The number of nitrogens with one attached hydrogen (secondary N) is 1. The highest BCUT2D eigenvalue weighted by molar-refractivity contribution is 5.95.